The molecule has 0 fully saturated rings. The van der Waals surface area contributed by atoms with E-state index < -0.39 is 5.83 Å². The number of hydrogen-bond acceptors (Lipinski definition) is 1. The van der Waals surface area contributed by atoms with E-state index in [1.807, 2.05) is 0 Å². The van der Waals surface area contributed by atoms with Gasteiger partial charge in [-0.25, -0.2) is 4.39 Å². The van der Waals surface area contributed by atoms with E-state index in [-0.39, 0.29) is 5.76 Å². The average molecular weight is 221 g/mol. The van der Waals surface area contributed by atoms with E-state index in [4.69, 9.17) is 4.74 Å². The van der Waals surface area contributed by atoms with E-state index in [9.17, 15) is 4.39 Å². The molecule has 0 amide bonds. The Morgan fingerprint density at radius 3 is 2.55 bits per heavy atom. The summed E-state index contributed by atoms with van der Waals surface area (Å²) in [5.74, 6) is -0.485. The minimum absolute atomic E-state index is 0.113. The SMILES string of the molecule is C=C/C(Br)=C(/OCC)C(=C)F. The summed E-state index contributed by atoms with van der Waals surface area (Å²) in [6.45, 7) is 8.74. The van der Waals surface area contributed by atoms with Crippen molar-refractivity contribution in [2.24, 2.45) is 0 Å². The molecule has 0 atom stereocenters. The molecule has 0 aliphatic carbocycles. The topological polar surface area (TPSA) is 9.23 Å². The van der Waals surface area contributed by atoms with E-state index >= 15 is 0 Å². The van der Waals surface area contributed by atoms with Crippen molar-refractivity contribution in [3.8, 4) is 0 Å². The van der Waals surface area contributed by atoms with Gasteiger partial charge in [0.25, 0.3) is 0 Å². The van der Waals surface area contributed by atoms with Crippen LogP contribution in [0.3, 0.4) is 0 Å². The van der Waals surface area contributed by atoms with Crippen LogP contribution in [0.4, 0.5) is 4.39 Å². The highest BCUT2D eigenvalue weighted by Gasteiger charge is 2.05. The van der Waals surface area contributed by atoms with Crippen molar-refractivity contribution in [2.45, 2.75) is 6.92 Å². The molecule has 3 heteroatoms. The van der Waals surface area contributed by atoms with E-state index in [0.29, 0.717) is 11.1 Å². The molecule has 0 N–H and O–H groups in total. The van der Waals surface area contributed by atoms with Gasteiger partial charge in [0.15, 0.2) is 11.6 Å². The molecule has 11 heavy (non-hydrogen) atoms. The molecule has 0 aliphatic heterocycles. The molecular weight excluding hydrogens is 211 g/mol. The fourth-order valence-corrected chi connectivity index (χ4v) is 0.843. The highest BCUT2D eigenvalue weighted by atomic mass is 79.9. The van der Waals surface area contributed by atoms with Crippen LogP contribution >= 0.6 is 15.9 Å². The first-order chi connectivity index (χ1) is 5.13. The van der Waals surface area contributed by atoms with Crippen LogP contribution in [0, 0.1) is 0 Å². The maximum absolute atomic E-state index is 12.5. The molecule has 0 saturated heterocycles. The molecule has 0 aromatic rings. The van der Waals surface area contributed by atoms with Crippen molar-refractivity contribution in [1.29, 1.82) is 0 Å². The van der Waals surface area contributed by atoms with Crippen LogP contribution in [0.15, 0.2) is 35.3 Å². The van der Waals surface area contributed by atoms with Crippen LogP contribution in [-0.2, 0) is 4.74 Å². The second kappa shape index (κ2) is 5.13. The summed E-state index contributed by atoms with van der Waals surface area (Å²) in [6, 6.07) is 0. The van der Waals surface area contributed by atoms with Crippen LogP contribution in [-0.4, -0.2) is 6.61 Å². The number of hydrogen-bond donors (Lipinski definition) is 0. The number of halogens is 2. The minimum Gasteiger partial charge on any atom is -0.490 e. The number of ether oxygens (including phenoxy) is 1. The van der Waals surface area contributed by atoms with Crippen LogP contribution in [0.25, 0.3) is 0 Å². The third-order valence-corrected chi connectivity index (χ3v) is 1.62. The highest BCUT2D eigenvalue weighted by molar-refractivity contribution is 9.11. The van der Waals surface area contributed by atoms with E-state index in [1.165, 1.54) is 6.08 Å². The molecule has 1 nitrogen and oxygen atoms in total. The summed E-state index contributed by atoms with van der Waals surface area (Å²) in [5.41, 5.74) is 0. The van der Waals surface area contributed by atoms with Crippen LogP contribution in [0.2, 0.25) is 0 Å². The molecule has 0 bridgehead atoms. The average Bonchev–Trinajstić information content (AvgIpc) is 1.98. The molecule has 0 aliphatic rings. The van der Waals surface area contributed by atoms with Gasteiger partial charge in [-0.05, 0) is 22.9 Å². The molecule has 62 valence electrons. The Labute approximate surface area is 74.4 Å². The maximum atomic E-state index is 12.5. The van der Waals surface area contributed by atoms with E-state index in [0.717, 1.165) is 0 Å². The first-order valence-electron chi connectivity index (χ1n) is 3.13. The van der Waals surface area contributed by atoms with Gasteiger partial charge in [0.05, 0.1) is 11.1 Å². The van der Waals surface area contributed by atoms with Gasteiger partial charge in [-0.3, -0.25) is 0 Å². The molecule has 0 rings (SSSR count). The van der Waals surface area contributed by atoms with Gasteiger partial charge in [-0.15, -0.1) is 0 Å². The molecular formula is C8H10BrFO. The molecule has 0 aromatic heterocycles. The van der Waals surface area contributed by atoms with Crippen molar-refractivity contribution >= 4 is 15.9 Å². The quantitative estimate of drug-likeness (QED) is 0.522. The second-order valence-corrected chi connectivity index (χ2v) is 2.57. The second-order valence-electron chi connectivity index (χ2n) is 1.72. The predicted octanol–water partition coefficient (Wildman–Crippen LogP) is 3.30. The van der Waals surface area contributed by atoms with Gasteiger partial charge >= 0.3 is 0 Å². The summed E-state index contributed by atoms with van der Waals surface area (Å²) < 4.78 is 18.0. The Morgan fingerprint density at radius 2 is 2.27 bits per heavy atom. The molecule has 0 aromatic carbocycles. The predicted molar refractivity (Wildman–Crippen MR) is 48.0 cm³/mol. The van der Waals surface area contributed by atoms with Gasteiger partial charge in [0.1, 0.15) is 0 Å². The summed E-state index contributed by atoms with van der Waals surface area (Å²) in [5, 5.41) is 0. The van der Waals surface area contributed by atoms with Crippen molar-refractivity contribution in [3.05, 3.63) is 35.3 Å². The monoisotopic (exact) mass is 220 g/mol. The third-order valence-electron chi connectivity index (χ3n) is 0.931. The lowest BCUT2D eigenvalue weighted by atomic mass is 10.4. The van der Waals surface area contributed by atoms with Gasteiger partial charge in [0, 0.05) is 0 Å². The Morgan fingerprint density at radius 1 is 1.73 bits per heavy atom. The van der Waals surface area contributed by atoms with E-state index in [2.05, 4.69) is 29.1 Å². The zero-order valence-corrected chi connectivity index (χ0v) is 7.95. The van der Waals surface area contributed by atoms with Gasteiger partial charge in [-0.1, -0.05) is 19.2 Å². The normalized spacial score (nSPS) is 11.9. The van der Waals surface area contributed by atoms with Crippen molar-refractivity contribution in [1.82, 2.24) is 0 Å². The zero-order valence-electron chi connectivity index (χ0n) is 6.36. The van der Waals surface area contributed by atoms with Gasteiger partial charge in [-0.2, -0.15) is 0 Å². The number of rotatable bonds is 4. The fraction of sp³-hybridized carbons (Fsp3) is 0.250. The fourth-order valence-electron chi connectivity index (χ4n) is 0.514. The summed E-state index contributed by atoms with van der Waals surface area (Å²) >= 11 is 3.08. The van der Waals surface area contributed by atoms with Gasteiger partial charge in [0.2, 0.25) is 0 Å². The van der Waals surface area contributed by atoms with Crippen LogP contribution < -0.4 is 0 Å². The van der Waals surface area contributed by atoms with Crippen molar-refractivity contribution in [3.63, 3.8) is 0 Å². The van der Waals surface area contributed by atoms with Crippen molar-refractivity contribution < 1.29 is 9.13 Å². The molecule has 0 radical (unpaired) electrons. The Bertz CT molecular complexity index is 196. The van der Waals surface area contributed by atoms with E-state index in [1.54, 1.807) is 6.92 Å². The van der Waals surface area contributed by atoms with Crippen LogP contribution in [0.1, 0.15) is 6.92 Å². The maximum Gasteiger partial charge on any atom is 0.168 e. The molecule has 0 saturated carbocycles. The lowest BCUT2D eigenvalue weighted by Gasteiger charge is -2.05. The van der Waals surface area contributed by atoms with Gasteiger partial charge < -0.3 is 4.74 Å². The lowest BCUT2D eigenvalue weighted by molar-refractivity contribution is 0.225. The molecule has 0 heterocycles. The molecule has 0 spiro atoms. The lowest BCUT2D eigenvalue weighted by Crippen LogP contribution is -1.93. The molecule has 0 unspecified atom stereocenters. The summed E-state index contributed by atoms with van der Waals surface area (Å²) in [6.07, 6.45) is 1.45. The Hall–Kier alpha value is -0.570. The minimum atomic E-state index is -0.598. The zero-order chi connectivity index (χ0) is 8.85. The third kappa shape index (κ3) is 3.37. The summed E-state index contributed by atoms with van der Waals surface area (Å²) in [4.78, 5) is 0. The largest absolute Gasteiger partial charge is 0.490 e. The van der Waals surface area contributed by atoms with Crippen molar-refractivity contribution in [2.75, 3.05) is 6.61 Å². The first kappa shape index (κ1) is 10.4. The van der Waals surface area contributed by atoms with Crippen LogP contribution in [0.5, 0.6) is 0 Å². The first-order valence-corrected chi connectivity index (χ1v) is 3.92. The Kier molecular flexibility index (Phi) is 4.86. The number of allylic oxidation sites excluding steroid dienone is 3. The Balaban J connectivity index is 4.56. The highest BCUT2D eigenvalue weighted by Crippen LogP contribution is 2.21. The summed E-state index contributed by atoms with van der Waals surface area (Å²) in [7, 11) is 0. The smallest absolute Gasteiger partial charge is 0.168 e. The standard InChI is InChI=1S/C8H10BrFO/c1-4-7(9)8(6(3)10)11-5-2/h4H,1,3,5H2,2H3/b8-7-.